The number of benzene rings is 1. The lowest BCUT2D eigenvalue weighted by Crippen LogP contribution is -2.07. The Morgan fingerprint density at radius 1 is 1.29 bits per heavy atom. The largest absolute Gasteiger partial charge is 0.306 e. The average Bonchev–Trinajstić information content (AvgIpc) is 3.41. The summed E-state index contributed by atoms with van der Waals surface area (Å²) in [6.45, 7) is 1.94. The Labute approximate surface area is 165 Å². The Balaban J connectivity index is 1.66. The summed E-state index contributed by atoms with van der Waals surface area (Å²) in [5, 5.41) is 8.22. The molecular formula is C21H17N5OS. The van der Waals surface area contributed by atoms with Crippen LogP contribution < -0.4 is 0 Å². The fourth-order valence-corrected chi connectivity index (χ4v) is 4.30. The van der Waals surface area contributed by atoms with E-state index in [1.165, 1.54) is 11.3 Å². The molecule has 0 saturated heterocycles. The lowest BCUT2D eigenvalue weighted by molar-refractivity contribution is 0.0994. The molecule has 138 valence electrons. The summed E-state index contributed by atoms with van der Waals surface area (Å²) in [5.74, 6) is 0.0192. The molecule has 0 aliphatic heterocycles. The molecule has 0 amide bonds. The van der Waals surface area contributed by atoms with Crippen molar-refractivity contribution in [3.63, 3.8) is 0 Å². The average molecular weight is 387 g/mol. The molecule has 0 saturated carbocycles. The highest BCUT2D eigenvalue weighted by atomic mass is 32.1. The second-order valence-corrected chi connectivity index (χ2v) is 7.73. The first-order valence-electron chi connectivity index (χ1n) is 8.92. The van der Waals surface area contributed by atoms with E-state index in [0.717, 1.165) is 32.7 Å². The van der Waals surface area contributed by atoms with Crippen molar-refractivity contribution in [3.8, 4) is 11.1 Å². The van der Waals surface area contributed by atoms with Gasteiger partial charge < -0.3 is 4.40 Å². The van der Waals surface area contributed by atoms with E-state index in [2.05, 4.69) is 21.1 Å². The summed E-state index contributed by atoms with van der Waals surface area (Å²) in [4.78, 5) is 21.9. The summed E-state index contributed by atoms with van der Waals surface area (Å²) in [5.41, 5.74) is 5.27. The highest BCUT2D eigenvalue weighted by Gasteiger charge is 2.17. The van der Waals surface area contributed by atoms with Crippen molar-refractivity contribution in [2.24, 2.45) is 7.05 Å². The van der Waals surface area contributed by atoms with Gasteiger partial charge in [-0.05, 0) is 30.2 Å². The van der Waals surface area contributed by atoms with Crippen molar-refractivity contribution in [3.05, 3.63) is 70.7 Å². The molecule has 0 N–H and O–H groups in total. The highest BCUT2D eigenvalue weighted by Crippen LogP contribution is 2.30. The topological polar surface area (TPSA) is 65.1 Å². The Kier molecular flexibility index (Phi) is 3.84. The van der Waals surface area contributed by atoms with E-state index in [0.29, 0.717) is 11.2 Å². The number of carbonyl (C=O) groups is 1. The first-order chi connectivity index (χ1) is 13.6. The molecule has 0 radical (unpaired) electrons. The minimum atomic E-state index is 0.0192. The molecule has 0 spiro atoms. The third kappa shape index (κ3) is 2.71. The molecule has 0 aliphatic carbocycles. The van der Waals surface area contributed by atoms with Gasteiger partial charge in [-0.3, -0.25) is 9.48 Å². The van der Waals surface area contributed by atoms with Crippen LogP contribution in [0, 0.1) is 6.92 Å². The van der Waals surface area contributed by atoms with Crippen molar-refractivity contribution in [2.75, 3.05) is 0 Å². The predicted molar refractivity (Wildman–Crippen MR) is 110 cm³/mol. The fourth-order valence-electron chi connectivity index (χ4n) is 3.53. The van der Waals surface area contributed by atoms with Crippen LogP contribution in [-0.2, 0) is 13.5 Å². The van der Waals surface area contributed by atoms with Gasteiger partial charge in [0.25, 0.3) is 0 Å². The van der Waals surface area contributed by atoms with Crippen molar-refractivity contribution < 1.29 is 4.79 Å². The first kappa shape index (κ1) is 16.8. The summed E-state index contributed by atoms with van der Waals surface area (Å²) in [7, 11) is 1.93. The van der Waals surface area contributed by atoms with Crippen LogP contribution in [0.1, 0.15) is 21.1 Å². The van der Waals surface area contributed by atoms with E-state index in [9.17, 15) is 4.79 Å². The SMILES string of the molecule is Cc1csc(CC(=O)c2cc(-c3cccc4c3cnn4C)cn3ccnc23)n1. The highest BCUT2D eigenvalue weighted by molar-refractivity contribution is 7.09. The Morgan fingerprint density at radius 2 is 2.18 bits per heavy atom. The third-order valence-corrected chi connectivity index (χ3v) is 5.84. The number of thiazole rings is 1. The summed E-state index contributed by atoms with van der Waals surface area (Å²) in [6.07, 6.45) is 7.74. The lowest BCUT2D eigenvalue weighted by atomic mass is 10.00. The predicted octanol–water partition coefficient (Wildman–Crippen LogP) is 4.08. The molecule has 4 aromatic heterocycles. The maximum absolute atomic E-state index is 13.1. The molecule has 0 bridgehead atoms. The zero-order valence-electron chi connectivity index (χ0n) is 15.5. The van der Waals surface area contributed by atoms with Gasteiger partial charge in [-0.2, -0.15) is 5.10 Å². The minimum absolute atomic E-state index is 0.0192. The van der Waals surface area contributed by atoms with E-state index in [-0.39, 0.29) is 12.2 Å². The van der Waals surface area contributed by atoms with E-state index < -0.39 is 0 Å². The van der Waals surface area contributed by atoms with Gasteiger partial charge in [0.05, 0.1) is 23.7 Å². The zero-order chi connectivity index (χ0) is 19.3. The molecule has 28 heavy (non-hydrogen) atoms. The molecular weight excluding hydrogens is 370 g/mol. The number of Topliss-reactive ketones (excluding diaryl/α,β-unsaturated/α-hetero) is 1. The first-order valence-corrected chi connectivity index (χ1v) is 9.80. The summed E-state index contributed by atoms with van der Waals surface area (Å²) >= 11 is 1.52. The Bertz CT molecular complexity index is 1340. The van der Waals surface area contributed by atoms with Gasteiger partial charge in [-0.1, -0.05) is 12.1 Å². The summed E-state index contributed by atoms with van der Waals surface area (Å²) < 4.78 is 3.76. The second kappa shape index (κ2) is 6.38. The monoisotopic (exact) mass is 387 g/mol. The van der Waals surface area contributed by atoms with Gasteiger partial charge in [0, 0.05) is 42.1 Å². The number of hydrogen-bond acceptors (Lipinski definition) is 5. The molecule has 0 atom stereocenters. The minimum Gasteiger partial charge on any atom is -0.306 e. The van der Waals surface area contributed by atoms with Crippen LogP contribution in [0.2, 0.25) is 0 Å². The number of nitrogens with zero attached hydrogens (tertiary/aromatic N) is 5. The number of carbonyl (C=O) groups excluding carboxylic acids is 1. The number of pyridine rings is 1. The number of aryl methyl sites for hydroxylation is 2. The quantitative estimate of drug-likeness (QED) is 0.436. The molecule has 5 rings (SSSR count). The van der Waals surface area contributed by atoms with Crippen molar-refractivity contribution in [1.29, 1.82) is 0 Å². The molecule has 6 nitrogen and oxygen atoms in total. The maximum Gasteiger partial charge on any atom is 0.173 e. The Hall–Kier alpha value is -3.32. The van der Waals surface area contributed by atoms with Crippen LogP contribution in [0.3, 0.4) is 0 Å². The molecule has 1 aromatic carbocycles. The van der Waals surface area contributed by atoms with Crippen molar-refractivity contribution in [1.82, 2.24) is 24.1 Å². The third-order valence-electron chi connectivity index (χ3n) is 4.87. The van der Waals surface area contributed by atoms with E-state index >= 15 is 0 Å². The van der Waals surface area contributed by atoms with Gasteiger partial charge in [-0.15, -0.1) is 11.3 Å². The molecule has 5 aromatic rings. The van der Waals surface area contributed by atoms with Gasteiger partial charge in [0.15, 0.2) is 5.78 Å². The summed E-state index contributed by atoms with van der Waals surface area (Å²) in [6, 6.07) is 8.04. The van der Waals surface area contributed by atoms with E-state index in [1.54, 1.807) is 6.20 Å². The molecule has 7 heteroatoms. The lowest BCUT2D eigenvalue weighted by Gasteiger charge is -2.09. The number of ketones is 1. The fraction of sp³-hybridized carbons (Fsp3) is 0.143. The van der Waals surface area contributed by atoms with Crippen LogP contribution >= 0.6 is 11.3 Å². The van der Waals surface area contributed by atoms with Crippen LogP contribution in [0.15, 0.2) is 54.4 Å². The van der Waals surface area contributed by atoms with Crippen LogP contribution in [0.25, 0.3) is 27.7 Å². The Morgan fingerprint density at radius 3 is 3.00 bits per heavy atom. The number of aromatic nitrogens is 5. The van der Waals surface area contributed by atoms with Gasteiger partial charge >= 0.3 is 0 Å². The van der Waals surface area contributed by atoms with Gasteiger partial charge in [-0.25, -0.2) is 9.97 Å². The van der Waals surface area contributed by atoms with Gasteiger partial charge in [0.2, 0.25) is 0 Å². The molecule has 0 fully saturated rings. The van der Waals surface area contributed by atoms with Gasteiger partial charge in [0.1, 0.15) is 10.7 Å². The van der Waals surface area contributed by atoms with Crippen molar-refractivity contribution >= 4 is 33.7 Å². The van der Waals surface area contributed by atoms with Crippen LogP contribution in [0.4, 0.5) is 0 Å². The standard InChI is InChI=1S/C21H17N5OS/c1-13-12-28-20(24-13)9-19(27)16-8-14(11-26-7-6-22-21(16)26)15-4-3-5-18-17(15)10-23-25(18)2/h3-8,10-12H,9H2,1-2H3. The molecule has 0 unspecified atom stereocenters. The van der Waals surface area contributed by atoms with Crippen LogP contribution in [-0.4, -0.2) is 29.9 Å². The smallest absolute Gasteiger partial charge is 0.173 e. The molecule has 4 heterocycles. The number of rotatable bonds is 4. The number of hydrogen-bond donors (Lipinski definition) is 0. The van der Waals surface area contributed by atoms with E-state index in [4.69, 9.17) is 0 Å². The van der Waals surface area contributed by atoms with Crippen LogP contribution in [0.5, 0.6) is 0 Å². The zero-order valence-corrected chi connectivity index (χ0v) is 16.3. The maximum atomic E-state index is 13.1. The second-order valence-electron chi connectivity index (χ2n) is 6.79. The normalized spacial score (nSPS) is 11.5. The molecule has 0 aliphatic rings. The van der Waals surface area contributed by atoms with Crippen molar-refractivity contribution in [2.45, 2.75) is 13.3 Å². The number of imidazole rings is 1. The van der Waals surface area contributed by atoms with E-state index in [1.807, 2.05) is 65.2 Å². The number of fused-ring (bicyclic) bond motifs is 2.